The fraction of sp³-hybridized carbons (Fsp3) is 0.400. The van der Waals surface area contributed by atoms with Gasteiger partial charge in [-0.2, -0.15) is 0 Å². The van der Waals surface area contributed by atoms with E-state index in [-0.39, 0.29) is 6.54 Å². The van der Waals surface area contributed by atoms with Gasteiger partial charge in [0.05, 0.1) is 0 Å². The average Bonchev–Trinajstić information content (AvgIpc) is 2.88. The van der Waals surface area contributed by atoms with Crippen LogP contribution in [0.2, 0.25) is 0 Å². The molecule has 1 fully saturated rings. The van der Waals surface area contributed by atoms with Crippen LogP contribution in [0, 0.1) is 11.6 Å². The Labute approximate surface area is 75.6 Å². The summed E-state index contributed by atoms with van der Waals surface area (Å²) >= 11 is 0. The van der Waals surface area contributed by atoms with Crippen molar-refractivity contribution in [3.63, 3.8) is 0 Å². The lowest BCUT2D eigenvalue weighted by Crippen LogP contribution is -2.02. The Kier molecular flexibility index (Phi) is 2.04. The lowest BCUT2D eigenvalue weighted by Gasteiger charge is -2.05. The minimum Gasteiger partial charge on any atom is -0.326 e. The van der Waals surface area contributed by atoms with Crippen molar-refractivity contribution in [3.05, 3.63) is 34.9 Å². The zero-order valence-corrected chi connectivity index (χ0v) is 7.19. The van der Waals surface area contributed by atoms with Gasteiger partial charge in [-0.1, -0.05) is 0 Å². The maximum atomic E-state index is 13.2. The van der Waals surface area contributed by atoms with Crippen LogP contribution >= 0.6 is 0 Å². The zero-order valence-electron chi connectivity index (χ0n) is 7.19. The van der Waals surface area contributed by atoms with Crippen LogP contribution in [0.25, 0.3) is 0 Å². The first-order valence-corrected chi connectivity index (χ1v) is 4.40. The van der Waals surface area contributed by atoms with E-state index in [1.807, 2.05) is 0 Å². The van der Waals surface area contributed by atoms with E-state index >= 15 is 0 Å². The van der Waals surface area contributed by atoms with E-state index in [1.165, 1.54) is 0 Å². The standard InChI is InChI=1S/C10H11F2N/c11-9-4-10(12)8(6-1-2-6)3-7(9)5-13/h3-4,6H,1-2,5,13H2. The molecule has 0 heterocycles. The fourth-order valence-electron chi connectivity index (χ4n) is 1.48. The molecule has 0 radical (unpaired) electrons. The van der Waals surface area contributed by atoms with Gasteiger partial charge in [0.25, 0.3) is 0 Å². The van der Waals surface area contributed by atoms with Crippen molar-refractivity contribution in [2.75, 3.05) is 0 Å². The molecule has 3 heteroatoms. The Bertz CT molecular complexity index is 332. The molecule has 70 valence electrons. The molecule has 1 aromatic carbocycles. The van der Waals surface area contributed by atoms with E-state index < -0.39 is 11.6 Å². The van der Waals surface area contributed by atoms with Crippen LogP contribution in [0.15, 0.2) is 12.1 Å². The van der Waals surface area contributed by atoms with Gasteiger partial charge in [-0.05, 0) is 30.4 Å². The summed E-state index contributed by atoms with van der Waals surface area (Å²) in [4.78, 5) is 0. The number of benzene rings is 1. The maximum Gasteiger partial charge on any atom is 0.130 e. The van der Waals surface area contributed by atoms with Gasteiger partial charge in [0.2, 0.25) is 0 Å². The summed E-state index contributed by atoms with van der Waals surface area (Å²) in [7, 11) is 0. The highest BCUT2D eigenvalue weighted by molar-refractivity contribution is 5.31. The van der Waals surface area contributed by atoms with E-state index in [4.69, 9.17) is 5.73 Å². The molecule has 1 saturated carbocycles. The molecule has 1 nitrogen and oxygen atoms in total. The molecule has 2 N–H and O–H groups in total. The number of hydrogen-bond donors (Lipinski definition) is 1. The molecule has 0 amide bonds. The molecule has 1 aliphatic rings. The summed E-state index contributed by atoms with van der Waals surface area (Å²) < 4.78 is 26.2. The lowest BCUT2D eigenvalue weighted by atomic mass is 10.1. The molecule has 1 aliphatic carbocycles. The third kappa shape index (κ3) is 1.56. The molecule has 0 atom stereocenters. The van der Waals surface area contributed by atoms with E-state index in [9.17, 15) is 8.78 Å². The molecule has 0 unspecified atom stereocenters. The number of halogens is 2. The molecule has 0 aromatic heterocycles. The van der Waals surface area contributed by atoms with Crippen LogP contribution in [0.5, 0.6) is 0 Å². The van der Waals surface area contributed by atoms with Gasteiger partial charge >= 0.3 is 0 Å². The highest BCUT2D eigenvalue weighted by Gasteiger charge is 2.27. The average molecular weight is 183 g/mol. The minimum absolute atomic E-state index is 0.131. The number of hydrogen-bond acceptors (Lipinski definition) is 1. The van der Waals surface area contributed by atoms with E-state index in [2.05, 4.69) is 0 Å². The summed E-state index contributed by atoms with van der Waals surface area (Å²) in [6.45, 7) is 0.131. The van der Waals surface area contributed by atoms with Crippen LogP contribution in [0.1, 0.15) is 29.9 Å². The molecular formula is C10H11F2N. The second kappa shape index (κ2) is 3.07. The SMILES string of the molecule is NCc1cc(C2CC2)c(F)cc1F. The number of nitrogens with two attached hydrogens (primary N) is 1. The van der Waals surface area contributed by atoms with Crippen LogP contribution in [0.4, 0.5) is 8.78 Å². The van der Waals surface area contributed by atoms with Gasteiger partial charge in [0.15, 0.2) is 0 Å². The van der Waals surface area contributed by atoms with Gasteiger partial charge in [0, 0.05) is 18.2 Å². The summed E-state index contributed by atoms with van der Waals surface area (Å²) in [5.41, 5.74) is 6.36. The van der Waals surface area contributed by atoms with Crippen molar-refractivity contribution < 1.29 is 8.78 Å². The lowest BCUT2D eigenvalue weighted by molar-refractivity contribution is 0.563. The Morgan fingerprint density at radius 1 is 1.23 bits per heavy atom. The minimum atomic E-state index is -0.538. The molecule has 0 spiro atoms. The summed E-state index contributed by atoms with van der Waals surface area (Å²) in [6, 6.07) is 2.50. The molecule has 2 rings (SSSR count). The molecule has 0 saturated heterocycles. The van der Waals surface area contributed by atoms with E-state index in [0.717, 1.165) is 18.9 Å². The predicted molar refractivity (Wildman–Crippen MR) is 46.2 cm³/mol. The first-order chi connectivity index (χ1) is 6.22. The van der Waals surface area contributed by atoms with Crippen LogP contribution < -0.4 is 5.73 Å². The number of rotatable bonds is 2. The fourth-order valence-corrected chi connectivity index (χ4v) is 1.48. The third-order valence-corrected chi connectivity index (χ3v) is 2.40. The van der Waals surface area contributed by atoms with Gasteiger partial charge in [0.1, 0.15) is 11.6 Å². The largest absolute Gasteiger partial charge is 0.326 e. The monoisotopic (exact) mass is 183 g/mol. The van der Waals surface area contributed by atoms with Gasteiger partial charge < -0.3 is 5.73 Å². The van der Waals surface area contributed by atoms with Gasteiger partial charge in [-0.15, -0.1) is 0 Å². The highest BCUT2D eigenvalue weighted by atomic mass is 19.1. The summed E-state index contributed by atoms with van der Waals surface area (Å²) in [5.74, 6) is -0.674. The molecule has 0 aliphatic heterocycles. The van der Waals surface area contributed by atoms with Crippen LogP contribution in [0.3, 0.4) is 0 Å². The Morgan fingerprint density at radius 2 is 1.92 bits per heavy atom. The Morgan fingerprint density at radius 3 is 2.46 bits per heavy atom. The van der Waals surface area contributed by atoms with Crippen molar-refractivity contribution in [2.45, 2.75) is 25.3 Å². The van der Waals surface area contributed by atoms with Gasteiger partial charge in [-0.3, -0.25) is 0 Å². The second-order valence-corrected chi connectivity index (χ2v) is 3.44. The first kappa shape index (κ1) is 8.63. The highest BCUT2D eigenvalue weighted by Crippen LogP contribution is 2.41. The first-order valence-electron chi connectivity index (χ1n) is 4.40. The quantitative estimate of drug-likeness (QED) is 0.748. The smallest absolute Gasteiger partial charge is 0.130 e. The van der Waals surface area contributed by atoms with Crippen LogP contribution in [-0.4, -0.2) is 0 Å². The normalized spacial score (nSPS) is 16.2. The van der Waals surface area contributed by atoms with Crippen LogP contribution in [-0.2, 0) is 6.54 Å². The zero-order chi connectivity index (χ0) is 9.42. The summed E-state index contributed by atoms with van der Waals surface area (Å²) in [6.07, 6.45) is 2.01. The Balaban J connectivity index is 2.44. The predicted octanol–water partition coefficient (Wildman–Crippen LogP) is 2.30. The van der Waals surface area contributed by atoms with E-state index in [0.29, 0.717) is 17.0 Å². The molecule has 0 bridgehead atoms. The van der Waals surface area contributed by atoms with Crippen molar-refractivity contribution in [2.24, 2.45) is 5.73 Å². The Hall–Kier alpha value is -0.960. The molecule has 13 heavy (non-hydrogen) atoms. The van der Waals surface area contributed by atoms with E-state index in [1.54, 1.807) is 6.07 Å². The second-order valence-electron chi connectivity index (χ2n) is 3.44. The summed E-state index contributed by atoms with van der Waals surface area (Å²) in [5, 5.41) is 0. The van der Waals surface area contributed by atoms with Gasteiger partial charge in [-0.25, -0.2) is 8.78 Å². The van der Waals surface area contributed by atoms with Crippen molar-refractivity contribution in [1.29, 1.82) is 0 Å². The molecular weight excluding hydrogens is 172 g/mol. The topological polar surface area (TPSA) is 26.0 Å². The third-order valence-electron chi connectivity index (χ3n) is 2.40. The molecule has 1 aromatic rings. The van der Waals surface area contributed by atoms with Crippen molar-refractivity contribution >= 4 is 0 Å². The maximum absolute atomic E-state index is 13.2. The van der Waals surface area contributed by atoms with Crippen molar-refractivity contribution in [3.8, 4) is 0 Å². The van der Waals surface area contributed by atoms with Crippen molar-refractivity contribution in [1.82, 2.24) is 0 Å².